The van der Waals surface area contributed by atoms with E-state index < -0.39 is 0 Å². The maximum absolute atomic E-state index is 4.94. The number of fused-ring (bicyclic) bond motifs is 1. The van der Waals surface area contributed by atoms with Crippen LogP contribution in [0.4, 0.5) is 0 Å². The molecule has 112 valence electrons. The molecule has 2 aromatic rings. The Labute approximate surface area is 138 Å². The summed E-state index contributed by atoms with van der Waals surface area (Å²) in [5.41, 5.74) is 2.42. The monoisotopic (exact) mass is 365 g/mol. The predicted molar refractivity (Wildman–Crippen MR) is 91.9 cm³/mol. The molecule has 1 N–H and O–H groups in total. The van der Waals surface area contributed by atoms with E-state index in [-0.39, 0.29) is 0 Å². The highest BCUT2D eigenvalue weighted by Gasteiger charge is 2.25. The van der Waals surface area contributed by atoms with E-state index in [0.717, 1.165) is 21.6 Å². The molecule has 1 atom stereocenters. The van der Waals surface area contributed by atoms with Crippen LogP contribution in [-0.4, -0.2) is 22.6 Å². The van der Waals surface area contributed by atoms with Gasteiger partial charge in [-0.25, -0.2) is 4.98 Å². The van der Waals surface area contributed by atoms with Crippen LogP contribution in [0, 0.1) is 0 Å². The van der Waals surface area contributed by atoms with Gasteiger partial charge in [-0.1, -0.05) is 13.8 Å². The predicted octanol–water partition coefficient (Wildman–Crippen LogP) is 4.39. The molecule has 1 aliphatic carbocycles. The van der Waals surface area contributed by atoms with Crippen molar-refractivity contribution in [3.63, 3.8) is 0 Å². The molecular formula is C16H20BrN3S. The van der Waals surface area contributed by atoms with E-state index in [1.807, 2.05) is 23.7 Å². The van der Waals surface area contributed by atoms with Crippen molar-refractivity contribution >= 4 is 27.3 Å². The molecule has 0 amide bonds. The summed E-state index contributed by atoms with van der Waals surface area (Å²) < 4.78 is 1.01. The lowest BCUT2D eigenvalue weighted by Crippen LogP contribution is -2.29. The molecule has 0 aromatic carbocycles. The van der Waals surface area contributed by atoms with E-state index in [4.69, 9.17) is 4.98 Å². The molecule has 0 saturated heterocycles. The summed E-state index contributed by atoms with van der Waals surface area (Å²) in [7, 11) is 0. The lowest BCUT2D eigenvalue weighted by atomic mass is 9.91. The summed E-state index contributed by atoms with van der Waals surface area (Å²) >= 11 is 5.32. The van der Waals surface area contributed by atoms with Crippen molar-refractivity contribution < 1.29 is 0 Å². The van der Waals surface area contributed by atoms with Crippen molar-refractivity contribution in [1.82, 2.24) is 15.3 Å². The van der Waals surface area contributed by atoms with Gasteiger partial charge in [0.25, 0.3) is 0 Å². The molecule has 5 heteroatoms. The normalized spacial score (nSPS) is 18.0. The second-order valence-electron chi connectivity index (χ2n) is 5.87. The van der Waals surface area contributed by atoms with Crippen LogP contribution in [-0.2, 0) is 6.42 Å². The third-order valence-corrected chi connectivity index (χ3v) is 5.41. The summed E-state index contributed by atoms with van der Waals surface area (Å²) in [6, 6.07) is 2.63. The minimum absolute atomic E-state index is 0.530. The van der Waals surface area contributed by atoms with Gasteiger partial charge in [0.2, 0.25) is 0 Å². The van der Waals surface area contributed by atoms with E-state index >= 15 is 0 Å². The van der Waals surface area contributed by atoms with E-state index in [2.05, 4.69) is 46.1 Å². The van der Waals surface area contributed by atoms with Crippen molar-refractivity contribution in [2.75, 3.05) is 6.54 Å². The fourth-order valence-corrected chi connectivity index (χ4v) is 4.27. The van der Waals surface area contributed by atoms with Crippen LogP contribution in [0.25, 0.3) is 10.6 Å². The molecule has 0 fully saturated rings. The average molecular weight is 366 g/mol. The van der Waals surface area contributed by atoms with Crippen LogP contribution in [0.2, 0.25) is 0 Å². The Morgan fingerprint density at radius 1 is 1.43 bits per heavy atom. The first-order valence-electron chi connectivity index (χ1n) is 7.47. The number of hydrogen-bond donors (Lipinski definition) is 1. The highest BCUT2D eigenvalue weighted by molar-refractivity contribution is 9.10. The van der Waals surface area contributed by atoms with Crippen molar-refractivity contribution in [3.05, 3.63) is 33.5 Å². The zero-order chi connectivity index (χ0) is 14.8. The van der Waals surface area contributed by atoms with Crippen molar-refractivity contribution in [2.45, 2.75) is 45.1 Å². The topological polar surface area (TPSA) is 37.8 Å². The van der Waals surface area contributed by atoms with Crippen LogP contribution in [0.1, 0.15) is 43.2 Å². The first-order valence-corrected chi connectivity index (χ1v) is 9.08. The van der Waals surface area contributed by atoms with Gasteiger partial charge in [-0.2, -0.15) is 0 Å². The second-order valence-corrected chi connectivity index (χ2v) is 7.87. The Bertz CT molecular complexity index is 624. The fraction of sp³-hybridized carbons (Fsp3) is 0.500. The summed E-state index contributed by atoms with van der Waals surface area (Å²) in [6.07, 6.45) is 7.40. The molecule has 0 radical (unpaired) electrons. The zero-order valence-electron chi connectivity index (χ0n) is 12.4. The smallest absolute Gasteiger partial charge is 0.125 e. The van der Waals surface area contributed by atoms with Crippen LogP contribution >= 0.6 is 27.3 Å². The second kappa shape index (κ2) is 6.55. The number of nitrogens with one attached hydrogen (secondary N) is 1. The van der Waals surface area contributed by atoms with Crippen LogP contribution in [0.15, 0.2) is 22.9 Å². The van der Waals surface area contributed by atoms with Crippen molar-refractivity contribution in [3.8, 4) is 10.6 Å². The summed E-state index contributed by atoms with van der Waals surface area (Å²) in [5, 5.41) is 4.66. The first-order chi connectivity index (χ1) is 10.1. The SMILES string of the molecule is CC(C)NCC1CCCc2sc(-c3cncc(Br)c3)nc21. The highest BCUT2D eigenvalue weighted by Crippen LogP contribution is 2.38. The van der Waals surface area contributed by atoms with Crippen molar-refractivity contribution in [1.29, 1.82) is 0 Å². The third kappa shape index (κ3) is 3.52. The van der Waals surface area contributed by atoms with E-state index in [1.165, 1.54) is 29.8 Å². The minimum Gasteiger partial charge on any atom is -0.314 e. The Balaban J connectivity index is 1.87. The van der Waals surface area contributed by atoms with Gasteiger partial charge in [0.15, 0.2) is 0 Å². The number of nitrogens with zero attached hydrogens (tertiary/aromatic N) is 2. The number of thiazole rings is 1. The molecule has 3 rings (SSSR count). The van der Waals surface area contributed by atoms with E-state index in [0.29, 0.717) is 12.0 Å². The van der Waals surface area contributed by atoms with Crippen LogP contribution < -0.4 is 5.32 Å². The van der Waals surface area contributed by atoms with Crippen LogP contribution in [0.3, 0.4) is 0 Å². The first kappa shape index (κ1) is 15.1. The molecule has 1 aliphatic rings. The number of rotatable bonds is 4. The Hall–Kier alpha value is -0.780. The molecule has 0 bridgehead atoms. The van der Waals surface area contributed by atoms with Gasteiger partial charge in [-0.15, -0.1) is 11.3 Å². The summed E-state index contributed by atoms with van der Waals surface area (Å²) in [5.74, 6) is 0.557. The lowest BCUT2D eigenvalue weighted by Gasteiger charge is -2.22. The quantitative estimate of drug-likeness (QED) is 0.872. The lowest BCUT2D eigenvalue weighted by molar-refractivity contribution is 0.475. The fourth-order valence-electron chi connectivity index (χ4n) is 2.74. The Kier molecular flexibility index (Phi) is 4.72. The molecule has 2 aromatic heterocycles. The molecule has 3 nitrogen and oxygen atoms in total. The maximum Gasteiger partial charge on any atom is 0.125 e. The third-order valence-electron chi connectivity index (χ3n) is 3.80. The largest absolute Gasteiger partial charge is 0.314 e. The van der Waals surface area contributed by atoms with Gasteiger partial charge in [0.1, 0.15) is 5.01 Å². The molecule has 0 saturated carbocycles. The van der Waals surface area contributed by atoms with Crippen LogP contribution in [0.5, 0.6) is 0 Å². The molecular weight excluding hydrogens is 346 g/mol. The van der Waals surface area contributed by atoms with Gasteiger partial charge in [-0.05, 0) is 41.3 Å². The van der Waals surface area contributed by atoms with E-state index in [1.54, 1.807) is 0 Å². The van der Waals surface area contributed by atoms with Gasteiger partial charge >= 0.3 is 0 Å². The average Bonchev–Trinajstić information content (AvgIpc) is 2.89. The standard InChI is InChI=1S/C16H20BrN3S/c1-10(2)19-8-11-4-3-5-14-15(11)20-16(21-14)12-6-13(17)9-18-7-12/h6-7,9-11,19H,3-5,8H2,1-2H3. The molecule has 0 spiro atoms. The zero-order valence-corrected chi connectivity index (χ0v) is 14.8. The highest BCUT2D eigenvalue weighted by atomic mass is 79.9. The summed E-state index contributed by atoms with van der Waals surface area (Å²) in [6.45, 7) is 5.43. The van der Waals surface area contributed by atoms with Gasteiger partial charge < -0.3 is 5.32 Å². The minimum atomic E-state index is 0.530. The maximum atomic E-state index is 4.94. The molecule has 1 unspecified atom stereocenters. The number of pyridine rings is 1. The Morgan fingerprint density at radius 2 is 2.29 bits per heavy atom. The van der Waals surface area contributed by atoms with Gasteiger partial charge in [0, 0.05) is 45.8 Å². The molecule has 21 heavy (non-hydrogen) atoms. The number of aryl methyl sites for hydroxylation is 1. The molecule has 2 heterocycles. The number of hydrogen-bond acceptors (Lipinski definition) is 4. The number of halogens is 1. The van der Waals surface area contributed by atoms with Gasteiger partial charge in [-0.3, -0.25) is 4.98 Å². The Morgan fingerprint density at radius 3 is 3.05 bits per heavy atom. The summed E-state index contributed by atoms with van der Waals surface area (Å²) in [4.78, 5) is 10.7. The van der Waals surface area contributed by atoms with Gasteiger partial charge in [0.05, 0.1) is 5.69 Å². The number of aromatic nitrogens is 2. The van der Waals surface area contributed by atoms with E-state index in [9.17, 15) is 0 Å². The molecule has 0 aliphatic heterocycles. The van der Waals surface area contributed by atoms with Crippen molar-refractivity contribution in [2.24, 2.45) is 0 Å².